The van der Waals surface area contributed by atoms with Crippen molar-refractivity contribution in [3.8, 4) is 0 Å². The molecule has 0 unspecified atom stereocenters. The topological polar surface area (TPSA) is 51.9 Å². The maximum atomic E-state index is 12.0. The predicted octanol–water partition coefficient (Wildman–Crippen LogP) is 0.186. The molecule has 0 aliphatic heterocycles. The van der Waals surface area contributed by atoms with Gasteiger partial charge in [0.15, 0.2) is 0 Å². The molecule has 0 atom stereocenters. The summed E-state index contributed by atoms with van der Waals surface area (Å²) < 4.78 is 37.4. The quantitative estimate of drug-likeness (QED) is 0.757. The third kappa shape index (κ3) is 2.06. The Morgan fingerprint density at radius 1 is 1.50 bits per heavy atom. The highest BCUT2D eigenvalue weighted by molar-refractivity contribution is 5.22. The van der Waals surface area contributed by atoms with E-state index in [1.165, 1.54) is 14.1 Å². The van der Waals surface area contributed by atoms with Gasteiger partial charge in [-0.15, -0.1) is 5.10 Å². The molecule has 14 heavy (non-hydrogen) atoms. The standard InChI is InChI=1S/C6H9F3N4O/c1-10-4-11-12(2)5(14)13(4)3-6(7,8)9/h3H2,1-2H3,(H,10,11). The zero-order chi connectivity index (χ0) is 10.9. The maximum absolute atomic E-state index is 12.0. The van der Waals surface area contributed by atoms with E-state index in [-0.39, 0.29) is 5.95 Å². The van der Waals surface area contributed by atoms with Crippen molar-refractivity contribution in [1.29, 1.82) is 0 Å². The Balaban J connectivity index is 3.12. The van der Waals surface area contributed by atoms with Crippen LogP contribution in [0.5, 0.6) is 0 Å². The van der Waals surface area contributed by atoms with Crippen molar-refractivity contribution in [1.82, 2.24) is 14.3 Å². The Hall–Kier alpha value is -1.47. The van der Waals surface area contributed by atoms with E-state index < -0.39 is 18.4 Å². The molecular formula is C6H9F3N4O. The highest BCUT2D eigenvalue weighted by Gasteiger charge is 2.30. The minimum atomic E-state index is -4.43. The lowest BCUT2D eigenvalue weighted by atomic mass is 10.6. The van der Waals surface area contributed by atoms with Gasteiger partial charge in [0.1, 0.15) is 6.54 Å². The van der Waals surface area contributed by atoms with Crippen LogP contribution in [0, 0.1) is 0 Å². The van der Waals surface area contributed by atoms with Gasteiger partial charge >= 0.3 is 11.9 Å². The fourth-order valence-corrected chi connectivity index (χ4v) is 1.01. The number of aryl methyl sites for hydroxylation is 1. The van der Waals surface area contributed by atoms with E-state index in [0.29, 0.717) is 4.57 Å². The van der Waals surface area contributed by atoms with E-state index >= 15 is 0 Å². The molecule has 8 heteroatoms. The van der Waals surface area contributed by atoms with Crippen LogP contribution in [-0.4, -0.2) is 27.6 Å². The maximum Gasteiger partial charge on any atom is 0.406 e. The minimum absolute atomic E-state index is 0.102. The van der Waals surface area contributed by atoms with Crippen LogP contribution < -0.4 is 11.0 Å². The average molecular weight is 210 g/mol. The van der Waals surface area contributed by atoms with Crippen LogP contribution in [-0.2, 0) is 13.6 Å². The van der Waals surface area contributed by atoms with Gasteiger partial charge in [-0.05, 0) is 0 Å². The monoisotopic (exact) mass is 210 g/mol. The first-order valence-electron chi connectivity index (χ1n) is 3.73. The molecule has 0 aromatic carbocycles. The van der Waals surface area contributed by atoms with Crippen molar-refractivity contribution in [2.75, 3.05) is 12.4 Å². The summed E-state index contributed by atoms with van der Waals surface area (Å²) in [6, 6.07) is 0. The fourth-order valence-electron chi connectivity index (χ4n) is 1.01. The van der Waals surface area contributed by atoms with E-state index in [1.54, 1.807) is 0 Å². The number of anilines is 1. The fraction of sp³-hybridized carbons (Fsp3) is 0.667. The molecule has 0 radical (unpaired) electrons. The first-order valence-corrected chi connectivity index (χ1v) is 3.73. The molecule has 1 aromatic heterocycles. The van der Waals surface area contributed by atoms with Crippen molar-refractivity contribution in [2.45, 2.75) is 12.7 Å². The number of nitrogens with one attached hydrogen (secondary N) is 1. The molecule has 1 N–H and O–H groups in total. The molecule has 0 aliphatic rings. The third-order valence-corrected chi connectivity index (χ3v) is 1.57. The summed E-state index contributed by atoms with van der Waals surface area (Å²) in [6.45, 7) is -1.34. The first kappa shape index (κ1) is 10.6. The number of nitrogens with zero attached hydrogens (tertiary/aromatic N) is 3. The Morgan fingerprint density at radius 3 is 2.50 bits per heavy atom. The van der Waals surface area contributed by atoms with Crippen LogP contribution >= 0.6 is 0 Å². The number of aromatic nitrogens is 3. The summed E-state index contributed by atoms with van der Waals surface area (Å²) in [6.07, 6.45) is -4.43. The van der Waals surface area contributed by atoms with E-state index in [2.05, 4.69) is 10.4 Å². The molecule has 80 valence electrons. The Kier molecular flexibility index (Phi) is 2.54. The molecular weight excluding hydrogens is 201 g/mol. The molecule has 0 amide bonds. The molecule has 1 rings (SSSR count). The van der Waals surface area contributed by atoms with E-state index in [4.69, 9.17) is 0 Å². The number of alkyl halides is 3. The van der Waals surface area contributed by atoms with Crippen LogP contribution in [0.1, 0.15) is 0 Å². The summed E-state index contributed by atoms with van der Waals surface area (Å²) in [5, 5.41) is 5.98. The van der Waals surface area contributed by atoms with Gasteiger partial charge in [-0.3, -0.25) is 4.57 Å². The number of halogens is 3. The minimum Gasteiger partial charge on any atom is -0.357 e. The van der Waals surface area contributed by atoms with Crippen molar-refractivity contribution >= 4 is 5.95 Å². The largest absolute Gasteiger partial charge is 0.406 e. The van der Waals surface area contributed by atoms with Crippen LogP contribution in [0.3, 0.4) is 0 Å². The predicted molar refractivity (Wildman–Crippen MR) is 43.1 cm³/mol. The first-order chi connectivity index (χ1) is 6.35. The summed E-state index contributed by atoms with van der Waals surface area (Å²) in [5.41, 5.74) is -0.799. The Bertz CT molecular complexity index is 377. The molecule has 0 fully saturated rings. The van der Waals surface area contributed by atoms with Crippen LogP contribution in [0.4, 0.5) is 19.1 Å². The van der Waals surface area contributed by atoms with Crippen LogP contribution in [0.25, 0.3) is 0 Å². The Labute approximate surface area is 77.1 Å². The second-order valence-corrected chi connectivity index (χ2v) is 2.68. The average Bonchev–Trinajstić information content (AvgIpc) is 2.30. The van der Waals surface area contributed by atoms with Gasteiger partial charge in [-0.2, -0.15) is 13.2 Å². The highest BCUT2D eigenvalue weighted by atomic mass is 19.4. The smallest absolute Gasteiger partial charge is 0.357 e. The van der Waals surface area contributed by atoms with Gasteiger partial charge in [-0.25, -0.2) is 9.48 Å². The highest BCUT2D eigenvalue weighted by Crippen LogP contribution is 2.17. The van der Waals surface area contributed by atoms with Gasteiger partial charge in [0, 0.05) is 14.1 Å². The summed E-state index contributed by atoms with van der Waals surface area (Å²) in [5.74, 6) is -0.102. The van der Waals surface area contributed by atoms with Crippen molar-refractivity contribution < 1.29 is 13.2 Å². The lowest BCUT2D eigenvalue weighted by molar-refractivity contribution is -0.140. The summed E-state index contributed by atoms with van der Waals surface area (Å²) in [7, 11) is 2.69. The lowest BCUT2D eigenvalue weighted by Crippen LogP contribution is -2.29. The molecule has 1 aromatic rings. The van der Waals surface area contributed by atoms with E-state index in [0.717, 1.165) is 4.68 Å². The molecule has 0 bridgehead atoms. The van der Waals surface area contributed by atoms with Gasteiger partial charge in [0.25, 0.3) is 0 Å². The van der Waals surface area contributed by atoms with Crippen LogP contribution in [0.15, 0.2) is 4.79 Å². The number of hydrogen-bond acceptors (Lipinski definition) is 3. The zero-order valence-corrected chi connectivity index (χ0v) is 7.59. The van der Waals surface area contributed by atoms with Crippen molar-refractivity contribution in [2.24, 2.45) is 7.05 Å². The van der Waals surface area contributed by atoms with Gasteiger partial charge in [0.2, 0.25) is 5.95 Å². The third-order valence-electron chi connectivity index (χ3n) is 1.57. The summed E-state index contributed by atoms with van der Waals surface area (Å²) >= 11 is 0. The molecule has 5 nitrogen and oxygen atoms in total. The molecule has 1 heterocycles. The summed E-state index contributed by atoms with van der Waals surface area (Å²) in [4.78, 5) is 11.1. The van der Waals surface area contributed by atoms with E-state index in [9.17, 15) is 18.0 Å². The normalized spacial score (nSPS) is 11.8. The van der Waals surface area contributed by atoms with Crippen molar-refractivity contribution in [3.63, 3.8) is 0 Å². The number of rotatable bonds is 2. The second-order valence-electron chi connectivity index (χ2n) is 2.68. The molecule has 0 saturated heterocycles. The van der Waals surface area contributed by atoms with Crippen LogP contribution in [0.2, 0.25) is 0 Å². The lowest BCUT2D eigenvalue weighted by Gasteiger charge is -2.07. The second kappa shape index (κ2) is 3.35. The zero-order valence-electron chi connectivity index (χ0n) is 7.59. The molecule has 0 saturated carbocycles. The molecule has 0 spiro atoms. The SMILES string of the molecule is CNc1nn(C)c(=O)n1CC(F)(F)F. The van der Waals surface area contributed by atoms with Crippen molar-refractivity contribution in [3.05, 3.63) is 10.5 Å². The van der Waals surface area contributed by atoms with E-state index in [1.807, 2.05) is 0 Å². The number of hydrogen-bond donors (Lipinski definition) is 1. The van der Waals surface area contributed by atoms with Gasteiger partial charge < -0.3 is 5.32 Å². The Morgan fingerprint density at radius 2 is 2.07 bits per heavy atom. The molecule has 0 aliphatic carbocycles. The van der Waals surface area contributed by atoms with Gasteiger partial charge in [0.05, 0.1) is 0 Å². The van der Waals surface area contributed by atoms with Gasteiger partial charge in [-0.1, -0.05) is 0 Å².